The van der Waals surface area contributed by atoms with Crippen LogP contribution in [0.2, 0.25) is 5.02 Å². The number of thiazole rings is 1. The van der Waals surface area contributed by atoms with Crippen LogP contribution in [0.5, 0.6) is 0 Å². The van der Waals surface area contributed by atoms with Gasteiger partial charge in [0, 0.05) is 16.3 Å². The van der Waals surface area contributed by atoms with E-state index in [-0.39, 0.29) is 6.10 Å². The summed E-state index contributed by atoms with van der Waals surface area (Å²) in [5, 5.41) is 4.28. The van der Waals surface area contributed by atoms with Gasteiger partial charge in [-0.1, -0.05) is 41.9 Å². The van der Waals surface area contributed by atoms with Gasteiger partial charge in [0.25, 0.3) is 0 Å². The Bertz CT molecular complexity index is 863. The quantitative estimate of drug-likeness (QED) is 0.603. The van der Waals surface area contributed by atoms with Gasteiger partial charge in [0.15, 0.2) is 0 Å². The van der Waals surface area contributed by atoms with Crippen molar-refractivity contribution in [1.82, 2.24) is 4.98 Å². The lowest BCUT2D eigenvalue weighted by Crippen LogP contribution is -2.15. The van der Waals surface area contributed by atoms with E-state index in [1.807, 2.05) is 68.4 Å². The molecule has 0 saturated heterocycles. The summed E-state index contributed by atoms with van der Waals surface area (Å²) in [5.41, 5.74) is 2.54. The number of carbonyl (C=O) groups is 1. The second-order valence-corrected chi connectivity index (χ2v) is 6.98. The summed E-state index contributed by atoms with van der Waals surface area (Å²) in [6.45, 7) is 3.76. The molecule has 0 fully saturated rings. The molecule has 0 aliphatic rings. The Morgan fingerprint density at radius 1 is 1.16 bits per heavy atom. The number of para-hydroxylation sites is 1. The largest absolute Gasteiger partial charge is 0.440 e. The molecule has 1 aromatic heterocycles. The van der Waals surface area contributed by atoms with Crippen LogP contribution in [0.25, 0.3) is 10.6 Å². The fourth-order valence-electron chi connectivity index (χ4n) is 2.38. The third-order valence-electron chi connectivity index (χ3n) is 3.60. The van der Waals surface area contributed by atoms with Gasteiger partial charge in [0.05, 0.1) is 10.6 Å². The predicted molar refractivity (Wildman–Crippen MR) is 102 cm³/mol. The maximum Gasteiger partial charge on any atom is 0.412 e. The summed E-state index contributed by atoms with van der Waals surface area (Å²) >= 11 is 7.44. The second kappa shape index (κ2) is 7.68. The molecule has 1 heterocycles. The third kappa shape index (κ3) is 4.38. The molecule has 0 spiro atoms. The lowest BCUT2D eigenvalue weighted by molar-refractivity contribution is 0.122. The standard InChI is InChI=1S/C19H17ClN2O2S/c1-12-17(25-18(21-12)14-8-10-15(20)11-9-14)13(2)24-19(23)22-16-6-4-3-5-7-16/h3-11,13H,1-2H3,(H,22,23). The van der Waals surface area contributed by atoms with E-state index < -0.39 is 6.09 Å². The number of rotatable bonds is 4. The highest BCUT2D eigenvalue weighted by Crippen LogP contribution is 2.33. The lowest BCUT2D eigenvalue weighted by atomic mass is 10.2. The molecule has 0 aliphatic heterocycles. The highest BCUT2D eigenvalue weighted by molar-refractivity contribution is 7.15. The molecule has 0 saturated carbocycles. The number of anilines is 1. The Morgan fingerprint density at radius 3 is 2.52 bits per heavy atom. The molecule has 0 aliphatic carbocycles. The highest BCUT2D eigenvalue weighted by atomic mass is 35.5. The maximum absolute atomic E-state index is 12.1. The zero-order valence-corrected chi connectivity index (χ0v) is 15.4. The zero-order chi connectivity index (χ0) is 17.8. The smallest absolute Gasteiger partial charge is 0.412 e. The van der Waals surface area contributed by atoms with Crippen LogP contribution in [-0.2, 0) is 4.74 Å². The number of amides is 1. The predicted octanol–water partition coefficient (Wildman–Crippen LogP) is 6.08. The van der Waals surface area contributed by atoms with Crippen LogP contribution >= 0.6 is 22.9 Å². The number of carbonyl (C=O) groups excluding carboxylic acids is 1. The van der Waals surface area contributed by atoms with Crippen molar-refractivity contribution in [2.75, 3.05) is 5.32 Å². The summed E-state index contributed by atoms with van der Waals surface area (Å²) in [7, 11) is 0. The van der Waals surface area contributed by atoms with Gasteiger partial charge < -0.3 is 4.74 Å². The van der Waals surface area contributed by atoms with Crippen LogP contribution in [0, 0.1) is 6.92 Å². The molecule has 25 heavy (non-hydrogen) atoms. The van der Waals surface area contributed by atoms with E-state index in [1.165, 1.54) is 11.3 Å². The molecule has 128 valence electrons. The van der Waals surface area contributed by atoms with Gasteiger partial charge in [0.1, 0.15) is 11.1 Å². The van der Waals surface area contributed by atoms with Gasteiger partial charge in [-0.2, -0.15) is 0 Å². The first-order valence-electron chi connectivity index (χ1n) is 7.79. The second-order valence-electron chi connectivity index (χ2n) is 5.51. The number of benzene rings is 2. The average Bonchev–Trinajstić information content (AvgIpc) is 2.98. The first kappa shape index (κ1) is 17.5. The van der Waals surface area contributed by atoms with Gasteiger partial charge in [-0.3, -0.25) is 5.32 Å². The van der Waals surface area contributed by atoms with Gasteiger partial charge in [-0.15, -0.1) is 11.3 Å². The summed E-state index contributed by atoms with van der Waals surface area (Å²) in [5.74, 6) is 0. The number of hydrogen-bond acceptors (Lipinski definition) is 4. The van der Waals surface area contributed by atoms with Crippen LogP contribution in [0.1, 0.15) is 23.6 Å². The van der Waals surface area contributed by atoms with E-state index in [9.17, 15) is 4.79 Å². The molecule has 1 atom stereocenters. The number of aromatic nitrogens is 1. The van der Waals surface area contributed by atoms with Crippen LogP contribution in [0.3, 0.4) is 0 Å². The topological polar surface area (TPSA) is 51.2 Å². The van der Waals surface area contributed by atoms with E-state index in [0.29, 0.717) is 10.7 Å². The van der Waals surface area contributed by atoms with Crippen molar-refractivity contribution in [2.24, 2.45) is 0 Å². The fraction of sp³-hybridized carbons (Fsp3) is 0.158. The van der Waals surface area contributed by atoms with Crippen molar-refractivity contribution in [3.63, 3.8) is 0 Å². The molecule has 0 bridgehead atoms. The molecular formula is C19H17ClN2O2S. The number of nitrogens with one attached hydrogen (secondary N) is 1. The van der Waals surface area contributed by atoms with Crippen molar-refractivity contribution in [3.05, 3.63) is 70.2 Å². The minimum atomic E-state index is -0.487. The number of ether oxygens (including phenoxy) is 1. The van der Waals surface area contributed by atoms with E-state index in [1.54, 1.807) is 0 Å². The summed E-state index contributed by atoms with van der Waals surface area (Å²) in [6, 6.07) is 16.7. The minimum Gasteiger partial charge on any atom is -0.440 e. The third-order valence-corrected chi connectivity index (χ3v) is 5.22. The Hall–Kier alpha value is -2.37. The van der Waals surface area contributed by atoms with Gasteiger partial charge in [0.2, 0.25) is 0 Å². The Labute approximate surface area is 155 Å². The zero-order valence-electron chi connectivity index (χ0n) is 13.8. The van der Waals surface area contributed by atoms with Crippen LogP contribution in [0.4, 0.5) is 10.5 Å². The first-order valence-corrected chi connectivity index (χ1v) is 8.98. The molecule has 6 heteroatoms. The summed E-state index contributed by atoms with van der Waals surface area (Å²) in [4.78, 5) is 17.6. The van der Waals surface area contributed by atoms with Crippen molar-refractivity contribution in [1.29, 1.82) is 0 Å². The SMILES string of the molecule is Cc1nc(-c2ccc(Cl)cc2)sc1C(C)OC(=O)Nc1ccccc1. The van der Waals surface area contributed by atoms with Gasteiger partial charge in [-0.25, -0.2) is 9.78 Å². The van der Waals surface area contributed by atoms with Crippen molar-refractivity contribution in [3.8, 4) is 10.6 Å². The van der Waals surface area contributed by atoms with Crippen molar-refractivity contribution >= 4 is 34.7 Å². The monoisotopic (exact) mass is 372 g/mol. The van der Waals surface area contributed by atoms with Crippen LogP contribution in [0.15, 0.2) is 54.6 Å². The van der Waals surface area contributed by atoms with Crippen molar-refractivity contribution < 1.29 is 9.53 Å². The molecule has 0 radical (unpaired) electrons. The number of hydrogen-bond donors (Lipinski definition) is 1. The minimum absolute atomic E-state index is 0.387. The molecular weight excluding hydrogens is 356 g/mol. The molecule has 1 amide bonds. The Balaban J connectivity index is 1.71. The first-order chi connectivity index (χ1) is 12.0. The Morgan fingerprint density at radius 2 is 1.84 bits per heavy atom. The maximum atomic E-state index is 12.1. The van der Waals surface area contributed by atoms with E-state index >= 15 is 0 Å². The average molecular weight is 373 g/mol. The lowest BCUT2D eigenvalue weighted by Gasteiger charge is -2.13. The van der Waals surface area contributed by atoms with Gasteiger partial charge in [-0.05, 0) is 38.1 Å². The molecule has 3 rings (SSSR count). The van der Waals surface area contributed by atoms with Crippen LogP contribution < -0.4 is 5.32 Å². The molecule has 3 aromatic rings. The van der Waals surface area contributed by atoms with Gasteiger partial charge >= 0.3 is 6.09 Å². The molecule has 1 unspecified atom stereocenters. The normalized spacial score (nSPS) is 11.8. The van der Waals surface area contributed by atoms with E-state index in [4.69, 9.17) is 16.3 Å². The van der Waals surface area contributed by atoms with Crippen LogP contribution in [-0.4, -0.2) is 11.1 Å². The Kier molecular flexibility index (Phi) is 5.36. The number of aryl methyl sites for hydroxylation is 1. The summed E-state index contributed by atoms with van der Waals surface area (Å²) in [6.07, 6.45) is -0.873. The molecule has 2 aromatic carbocycles. The van der Waals surface area contributed by atoms with E-state index in [2.05, 4.69) is 10.3 Å². The molecule has 4 nitrogen and oxygen atoms in total. The molecule has 1 N–H and O–H groups in total. The van der Waals surface area contributed by atoms with E-state index in [0.717, 1.165) is 21.1 Å². The fourth-order valence-corrected chi connectivity index (χ4v) is 3.56. The number of nitrogens with zero attached hydrogens (tertiary/aromatic N) is 1. The van der Waals surface area contributed by atoms with Crippen molar-refractivity contribution in [2.45, 2.75) is 20.0 Å². The summed E-state index contributed by atoms with van der Waals surface area (Å²) < 4.78 is 5.49. The highest BCUT2D eigenvalue weighted by Gasteiger charge is 2.19. The number of halogens is 1.